The van der Waals surface area contributed by atoms with E-state index < -0.39 is 10.5 Å². The number of rotatable bonds is 2. The van der Waals surface area contributed by atoms with Crippen LogP contribution in [0.25, 0.3) is 10.8 Å². The van der Waals surface area contributed by atoms with Crippen molar-refractivity contribution in [1.82, 2.24) is 0 Å². The van der Waals surface area contributed by atoms with Gasteiger partial charge in [0.25, 0.3) is 0 Å². The van der Waals surface area contributed by atoms with Gasteiger partial charge in [0.05, 0.1) is 5.56 Å². The van der Waals surface area contributed by atoms with E-state index >= 15 is 0 Å². The Kier molecular flexibility index (Phi) is 2.69. The number of hydrogen-bond donors (Lipinski definition) is 0. The fourth-order valence-corrected chi connectivity index (χ4v) is 1.90. The van der Waals surface area contributed by atoms with Crippen LogP contribution in [-0.2, 0) is 10.5 Å². The number of nitriles is 1. The second-order valence-corrected chi connectivity index (χ2v) is 4.20. The van der Waals surface area contributed by atoms with Gasteiger partial charge in [-0.05, 0) is 11.5 Å². The SMILES string of the molecule is N#Cc1ccc2ccccc2c1OS(=O)(=O)F. The van der Waals surface area contributed by atoms with Crippen molar-refractivity contribution >= 4 is 21.3 Å². The van der Waals surface area contributed by atoms with Crippen molar-refractivity contribution in [2.75, 3.05) is 0 Å². The number of halogens is 1. The monoisotopic (exact) mass is 251 g/mol. The Balaban J connectivity index is 2.77. The maximum atomic E-state index is 12.6. The topological polar surface area (TPSA) is 67.2 Å². The average molecular weight is 251 g/mol. The summed E-state index contributed by atoms with van der Waals surface area (Å²) in [5.74, 6) is -0.284. The lowest BCUT2D eigenvalue weighted by atomic mass is 10.1. The van der Waals surface area contributed by atoms with E-state index in [0.717, 1.165) is 0 Å². The van der Waals surface area contributed by atoms with E-state index in [-0.39, 0.29) is 11.3 Å². The first-order valence-electron chi connectivity index (χ1n) is 4.57. The van der Waals surface area contributed by atoms with Crippen LogP contribution in [0.4, 0.5) is 3.89 Å². The lowest BCUT2D eigenvalue weighted by molar-refractivity contribution is 0.442. The van der Waals surface area contributed by atoms with Gasteiger partial charge in [-0.3, -0.25) is 0 Å². The molecule has 0 amide bonds. The molecule has 0 aliphatic rings. The second kappa shape index (κ2) is 4.03. The summed E-state index contributed by atoms with van der Waals surface area (Å²) >= 11 is 0. The normalized spacial score (nSPS) is 11.1. The molecule has 0 heterocycles. The third kappa shape index (κ3) is 2.34. The minimum atomic E-state index is -5.15. The highest BCUT2D eigenvalue weighted by atomic mass is 32.3. The maximum absolute atomic E-state index is 12.6. The zero-order chi connectivity index (χ0) is 12.5. The van der Waals surface area contributed by atoms with Crippen LogP contribution in [0, 0.1) is 11.3 Å². The lowest BCUT2D eigenvalue weighted by Crippen LogP contribution is -2.03. The van der Waals surface area contributed by atoms with Crippen LogP contribution in [0.15, 0.2) is 36.4 Å². The molecule has 0 atom stereocenters. The Labute approximate surface area is 97.3 Å². The van der Waals surface area contributed by atoms with Gasteiger partial charge in [-0.25, -0.2) is 0 Å². The van der Waals surface area contributed by atoms with Crippen molar-refractivity contribution in [1.29, 1.82) is 5.26 Å². The van der Waals surface area contributed by atoms with Crippen LogP contribution in [0.5, 0.6) is 5.75 Å². The molecule has 0 fully saturated rings. The number of nitrogens with zero attached hydrogens (tertiary/aromatic N) is 1. The summed E-state index contributed by atoms with van der Waals surface area (Å²) in [7, 11) is -5.15. The van der Waals surface area contributed by atoms with Crippen LogP contribution in [0.3, 0.4) is 0 Å². The summed E-state index contributed by atoms with van der Waals surface area (Å²) in [6.45, 7) is 0. The van der Waals surface area contributed by atoms with Crippen LogP contribution in [-0.4, -0.2) is 8.42 Å². The molecule has 0 saturated heterocycles. The van der Waals surface area contributed by atoms with E-state index in [4.69, 9.17) is 5.26 Å². The highest BCUT2D eigenvalue weighted by Crippen LogP contribution is 2.30. The Morgan fingerprint density at radius 2 is 1.88 bits per heavy atom. The van der Waals surface area contributed by atoms with Gasteiger partial charge < -0.3 is 4.18 Å². The van der Waals surface area contributed by atoms with Gasteiger partial charge >= 0.3 is 10.5 Å². The molecule has 0 unspecified atom stereocenters. The summed E-state index contributed by atoms with van der Waals surface area (Å²) in [6, 6.07) is 11.4. The molecule has 2 rings (SSSR count). The largest absolute Gasteiger partial charge is 0.488 e. The number of hydrogen-bond acceptors (Lipinski definition) is 4. The van der Waals surface area contributed by atoms with Crippen molar-refractivity contribution in [2.45, 2.75) is 0 Å². The molecule has 2 aromatic rings. The van der Waals surface area contributed by atoms with Crippen LogP contribution in [0.2, 0.25) is 0 Å². The fourth-order valence-electron chi connectivity index (χ4n) is 1.52. The number of benzene rings is 2. The highest BCUT2D eigenvalue weighted by molar-refractivity contribution is 7.81. The molecule has 0 radical (unpaired) electrons. The molecular formula is C11H6FNO3S. The van der Waals surface area contributed by atoms with E-state index in [9.17, 15) is 12.3 Å². The Bertz CT molecular complexity index is 719. The van der Waals surface area contributed by atoms with E-state index in [0.29, 0.717) is 10.8 Å². The summed E-state index contributed by atoms with van der Waals surface area (Å²) in [5, 5.41) is 9.85. The molecule has 6 heteroatoms. The predicted octanol–water partition coefficient (Wildman–Crippen LogP) is 2.30. The zero-order valence-electron chi connectivity index (χ0n) is 8.42. The molecule has 0 aromatic heterocycles. The van der Waals surface area contributed by atoms with Crippen LogP contribution >= 0.6 is 0 Å². The molecule has 0 bridgehead atoms. The molecule has 2 aromatic carbocycles. The van der Waals surface area contributed by atoms with E-state index in [1.165, 1.54) is 6.07 Å². The van der Waals surface area contributed by atoms with Gasteiger partial charge in [-0.1, -0.05) is 34.2 Å². The highest BCUT2D eigenvalue weighted by Gasteiger charge is 2.16. The first-order chi connectivity index (χ1) is 8.01. The Morgan fingerprint density at radius 3 is 2.53 bits per heavy atom. The summed E-state index contributed by atoms with van der Waals surface area (Å²) in [5.41, 5.74) is -0.0371. The molecule has 86 valence electrons. The van der Waals surface area contributed by atoms with E-state index in [2.05, 4.69) is 4.18 Å². The van der Waals surface area contributed by atoms with Crippen LogP contribution < -0.4 is 4.18 Å². The summed E-state index contributed by atoms with van der Waals surface area (Å²) < 4.78 is 37.8. The van der Waals surface area contributed by atoms with Gasteiger partial charge in [0.1, 0.15) is 6.07 Å². The standard InChI is InChI=1S/C11H6FNO3S/c12-17(14,15)16-11-9(7-13)6-5-8-3-1-2-4-10(8)11/h1-6H. The first kappa shape index (κ1) is 11.4. The molecule has 0 aliphatic carbocycles. The Morgan fingerprint density at radius 1 is 1.18 bits per heavy atom. The molecular weight excluding hydrogens is 245 g/mol. The van der Waals surface area contributed by atoms with E-state index in [1.807, 2.05) is 0 Å². The van der Waals surface area contributed by atoms with Crippen molar-refractivity contribution in [3.8, 4) is 11.8 Å². The summed E-state index contributed by atoms with van der Waals surface area (Å²) in [4.78, 5) is 0. The fraction of sp³-hybridized carbons (Fsp3) is 0. The lowest BCUT2D eigenvalue weighted by Gasteiger charge is -2.06. The third-order valence-electron chi connectivity index (χ3n) is 2.18. The summed E-state index contributed by atoms with van der Waals surface area (Å²) in [6.07, 6.45) is 0. The quantitative estimate of drug-likeness (QED) is 0.768. The molecule has 0 N–H and O–H groups in total. The van der Waals surface area contributed by atoms with Gasteiger partial charge in [0, 0.05) is 5.39 Å². The van der Waals surface area contributed by atoms with Gasteiger partial charge in [-0.2, -0.15) is 13.7 Å². The molecule has 4 nitrogen and oxygen atoms in total. The van der Waals surface area contributed by atoms with Gasteiger partial charge in [0.15, 0.2) is 5.75 Å². The average Bonchev–Trinajstić information content (AvgIpc) is 2.28. The van der Waals surface area contributed by atoms with Crippen molar-refractivity contribution in [3.05, 3.63) is 42.0 Å². The third-order valence-corrected chi connectivity index (χ3v) is 2.55. The Hall–Kier alpha value is -2.13. The van der Waals surface area contributed by atoms with Crippen molar-refractivity contribution in [3.63, 3.8) is 0 Å². The second-order valence-electron chi connectivity index (χ2n) is 3.25. The number of fused-ring (bicyclic) bond motifs is 1. The van der Waals surface area contributed by atoms with Crippen LogP contribution in [0.1, 0.15) is 5.56 Å². The minimum absolute atomic E-state index is 0.0371. The van der Waals surface area contributed by atoms with Gasteiger partial charge in [-0.15, -0.1) is 0 Å². The maximum Gasteiger partial charge on any atom is 0.488 e. The first-order valence-corrected chi connectivity index (χ1v) is 5.88. The molecule has 17 heavy (non-hydrogen) atoms. The van der Waals surface area contributed by atoms with Crippen molar-refractivity contribution in [2.24, 2.45) is 0 Å². The molecule has 0 aliphatic heterocycles. The smallest absolute Gasteiger partial charge is 0.356 e. The molecule has 0 spiro atoms. The zero-order valence-corrected chi connectivity index (χ0v) is 9.24. The van der Waals surface area contributed by atoms with E-state index in [1.54, 1.807) is 36.4 Å². The van der Waals surface area contributed by atoms with Gasteiger partial charge in [0.2, 0.25) is 0 Å². The predicted molar refractivity (Wildman–Crippen MR) is 59.3 cm³/mol. The van der Waals surface area contributed by atoms with Crippen molar-refractivity contribution < 1.29 is 16.5 Å². The minimum Gasteiger partial charge on any atom is -0.356 e. The molecule has 0 saturated carbocycles.